The maximum Gasteiger partial charge on any atom is 0.142 e. The Labute approximate surface area is 107 Å². The summed E-state index contributed by atoms with van der Waals surface area (Å²) in [5.41, 5.74) is 0. The number of hydrogen-bond donors (Lipinski definition) is 1. The van der Waals surface area contributed by atoms with Crippen LogP contribution >= 0.6 is 22.6 Å². The second-order valence-electron chi connectivity index (χ2n) is 3.17. The van der Waals surface area contributed by atoms with Gasteiger partial charge in [-0.3, -0.25) is 4.68 Å². The van der Waals surface area contributed by atoms with Crippen molar-refractivity contribution in [3.63, 3.8) is 0 Å². The second-order valence-corrected chi connectivity index (χ2v) is 4.33. The van der Waals surface area contributed by atoms with Gasteiger partial charge in [-0.25, -0.2) is 9.97 Å². The average molecular weight is 330 g/mol. The first-order valence-corrected chi connectivity index (χ1v) is 5.97. The van der Waals surface area contributed by atoms with Crippen LogP contribution in [-0.2, 0) is 6.54 Å². The Morgan fingerprint density at radius 3 is 3.12 bits per heavy atom. The van der Waals surface area contributed by atoms with Crippen LogP contribution in [0, 0.1) is 3.57 Å². The highest BCUT2D eigenvalue weighted by atomic mass is 127. The molecule has 0 atom stereocenters. The van der Waals surface area contributed by atoms with Gasteiger partial charge in [0.1, 0.15) is 12.1 Å². The van der Waals surface area contributed by atoms with E-state index in [4.69, 9.17) is 0 Å². The highest BCUT2D eigenvalue weighted by Crippen LogP contribution is 2.11. The molecule has 2 heterocycles. The molecule has 16 heavy (non-hydrogen) atoms. The van der Waals surface area contributed by atoms with Gasteiger partial charge in [0.2, 0.25) is 0 Å². The van der Waals surface area contributed by atoms with E-state index >= 15 is 0 Å². The SMILES string of the molecule is Ic1cncnc1NCCCn1ccnn1. The van der Waals surface area contributed by atoms with E-state index in [-0.39, 0.29) is 0 Å². The summed E-state index contributed by atoms with van der Waals surface area (Å²) in [4.78, 5) is 8.08. The van der Waals surface area contributed by atoms with Crippen molar-refractivity contribution in [1.82, 2.24) is 25.0 Å². The number of anilines is 1. The molecule has 0 radical (unpaired) electrons. The molecule has 7 heteroatoms. The summed E-state index contributed by atoms with van der Waals surface area (Å²) in [7, 11) is 0. The molecule has 0 aromatic carbocycles. The van der Waals surface area contributed by atoms with Gasteiger partial charge in [-0.1, -0.05) is 5.21 Å². The van der Waals surface area contributed by atoms with Crippen LogP contribution < -0.4 is 5.32 Å². The Morgan fingerprint density at radius 2 is 2.38 bits per heavy atom. The fraction of sp³-hybridized carbons (Fsp3) is 0.333. The van der Waals surface area contributed by atoms with Gasteiger partial charge in [0.25, 0.3) is 0 Å². The molecule has 0 spiro atoms. The first-order chi connectivity index (χ1) is 7.86. The number of aromatic nitrogens is 5. The topological polar surface area (TPSA) is 68.5 Å². The zero-order valence-corrected chi connectivity index (χ0v) is 10.7. The van der Waals surface area contributed by atoms with Gasteiger partial charge in [0.05, 0.1) is 9.77 Å². The molecule has 2 aromatic heterocycles. The van der Waals surface area contributed by atoms with E-state index in [0.29, 0.717) is 0 Å². The average Bonchev–Trinajstić information content (AvgIpc) is 2.79. The third kappa shape index (κ3) is 3.12. The van der Waals surface area contributed by atoms with E-state index in [9.17, 15) is 0 Å². The summed E-state index contributed by atoms with van der Waals surface area (Å²) >= 11 is 2.21. The lowest BCUT2D eigenvalue weighted by Gasteiger charge is -2.06. The third-order valence-electron chi connectivity index (χ3n) is 2.00. The molecule has 0 aliphatic rings. The monoisotopic (exact) mass is 330 g/mol. The number of halogens is 1. The summed E-state index contributed by atoms with van der Waals surface area (Å²) in [6, 6.07) is 0. The number of nitrogens with zero attached hydrogens (tertiary/aromatic N) is 5. The zero-order valence-electron chi connectivity index (χ0n) is 8.54. The van der Waals surface area contributed by atoms with Crippen molar-refractivity contribution in [2.45, 2.75) is 13.0 Å². The van der Waals surface area contributed by atoms with E-state index in [2.05, 4.69) is 48.2 Å². The van der Waals surface area contributed by atoms with Crippen LogP contribution in [0.3, 0.4) is 0 Å². The molecule has 0 amide bonds. The molecule has 0 unspecified atom stereocenters. The molecule has 84 valence electrons. The fourth-order valence-corrected chi connectivity index (χ4v) is 1.73. The predicted molar refractivity (Wildman–Crippen MR) is 67.9 cm³/mol. The second kappa shape index (κ2) is 5.73. The van der Waals surface area contributed by atoms with Crippen molar-refractivity contribution < 1.29 is 0 Å². The maximum atomic E-state index is 4.15. The van der Waals surface area contributed by atoms with Gasteiger partial charge in [-0.15, -0.1) is 5.10 Å². The van der Waals surface area contributed by atoms with E-state index in [0.717, 1.165) is 28.9 Å². The Balaban J connectivity index is 1.74. The van der Waals surface area contributed by atoms with Gasteiger partial charge in [0, 0.05) is 25.5 Å². The lowest BCUT2D eigenvalue weighted by molar-refractivity contribution is 0.569. The Morgan fingerprint density at radius 1 is 1.44 bits per heavy atom. The van der Waals surface area contributed by atoms with Crippen molar-refractivity contribution in [3.05, 3.63) is 28.5 Å². The summed E-state index contributed by atoms with van der Waals surface area (Å²) < 4.78 is 2.84. The highest BCUT2D eigenvalue weighted by Gasteiger charge is 1.99. The minimum absolute atomic E-state index is 0.854. The maximum absolute atomic E-state index is 4.15. The zero-order chi connectivity index (χ0) is 11.2. The largest absolute Gasteiger partial charge is 0.369 e. The highest BCUT2D eigenvalue weighted by molar-refractivity contribution is 14.1. The Kier molecular flexibility index (Phi) is 4.03. The van der Waals surface area contributed by atoms with Crippen molar-refractivity contribution in [2.75, 3.05) is 11.9 Å². The lowest BCUT2D eigenvalue weighted by atomic mass is 10.4. The number of hydrogen-bond acceptors (Lipinski definition) is 5. The minimum Gasteiger partial charge on any atom is -0.369 e. The Hall–Kier alpha value is -1.25. The lowest BCUT2D eigenvalue weighted by Crippen LogP contribution is -2.09. The number of aryl methyl sites for hydroxylation is 1. The molecule has 0 aliphatic carbocycles. The summed E-state index contributed by atoms with van der Waals surface area (Å²) in [6.45, 7) is 1.71. The van der Waals surface area contributed by atoms with Crippen LogP contribution in [0.2, 0.25) is 0 Å². The molecule has 2 aromatic rings. The molecule has 0 bridgehead atoms. The van der Waals surface area contributed by atoms with Crippen molar-refractivity contribution in [1.29, 1.82) is 0 Å². The van der Waals surface area contributed by atoms with Crippen LogP contribution in [0.15, 0.2) is 24.9 Å². The fourth-order valence-electron chi connectivity index (χ4n) is 1.24. The van der Waals surface area contributed by atoms with E-state index in [1.54, 1.807) is 18.7 Å². The molecular weight excluding hydrogens is 319 g/mol. The van der Waals surface area contributed by atoms with Crippen molar-refractivity contribution in [2.24, 2.45) is 0 Å². The van der Waals surface area contributed by atoms with Gasteiger partial charge in [0.15, 0.2) is 0 Å². The van der Waals surface area contributed by atoms with Crippen molar-refractivity contribution in [3.8, 4) is 0 Å². The molecular formula is C9H11IN6. The van der Waals surface area contributed by atoms with Gasteiger partial charge in [-0.2, -0.15) is 0 Å². The van der Waals surface area contributed by atoms with Crippen LogP contribution in [0.4, 0.5) is 5.82 Å². The first kappa shape index (κ1) is 11.2. The standard InChI is InChI=1S/C9H11IN6/c10-8-6-11-7-13-9(8)12-2-1-4-16-5-3-14-15-16/h3,5-7H,1-2,4H2,(H,11,12,13). The normalized spacial score (nSPS) is 10.3. The van der Waals surface area contributed by atoms with Gasteiger partial charge in [-0.05, 0) is 29.0 Å². The van der Waals surface area contributed by atoms with Gasteiger partial charge < -0.3 is 5.32 Å². The molecule has 0 saturated heterocycles. The smallest absolute Gasteiger partial charge is 0.142 e. The molecule has 0 saturated carbocycles. The van der Waals surface area contributed by atoms with Crippen LogP contribution in [0.1, 0.15) is 6.42 Å². The van der Waals surface area contributed by atoms with E-state index in [1.807, 2.05) is 10.9 Å². The minimum atomic E-state index is 0.854. The van der Waals surface area contributed by atoms with E-state index < -0.39 is 0 Å². The first-order valence-electron chi connectivity index (χ1n) is 4.90. The third-order valence-corrected chi connectivity index (χ3v) is 2.79. The van der Waals surface area contributed by atoms with Crippen LogP contribution in [0.25, 0.3) is 0 Å². The molecule has 1 N–H and O–H groups in total. The summed E-state index contributed by atoms with van der Waals surface area (Å²) in [6.07, 6.45) is 7.84. The number of nitrogens with one attached hydrogen (secondary N) is 1. The predicted octanol–water partition coefficient (Wildman–Crippen LogP) is 1.17. The van der Waals surface area contributed by atoms with Crippen LogP contribution in [0.5, 0.6) is 0 Å². The van der Waals surface area contributed by atoms with Gasteiger partial charge >= 0.3 is 0 Å². The molecule has 2 rings (SSSR count). The Bertz CT molecular complexity index is 429. The quantitative estimate of drug-likeness (QED) is 0.659. The van der Waals surface area contributed by atoms with Crippen LogP contribution in [-0.4, -0.2) is 31.5 Å². The van der Waals surface area contributed by atoms with Crippen molar-refractivity contribution >= 4 is 28.4 Å². The summed E-state index contributed by atoms with van der Waals surface area (Å²) in [5, 5.41) is 10.9. The molecule has 0 aliphatic heterocycles. The molecule has 0 fully saturated rings. The summed E-state index contributed by atoms with van der Waals surface area (Å²) in [5.74, 6) is 0.884. The number of rotatable bonds is 5. The molecule has 6 nitrogen and oxygen atoms in total. The van der Waals surface area contributed by atoms with E-state index in [1.165, 1.54) is 0 Å².